The maximum atomic E-state index is 13.9. The molecule has 3 heterocycles. The summed E-state index contributed by atoms with van der Waals surface area (Å²) in [6, 6.07) is 9.66. The average Bonchev–Trinajstić information content (AvgIpc) is 3.02. The smallest absolute Gasteiger partial charge is 0.251 e. The summed E-state index contributed by atoms with van der Waals surface area (Å²) in [5.41, 5.74) is 6.40. The lowest BCUT2D eigenvalue weighted by Crippen LogP contribution is -2.44. The highest BCUT2D eigenvalue weighted by Gasteiger charge is 2.29. The minimum Gasteiger partial charge on any atom is -0.369 e. The number of hydrogen-bond donors (Lipinski definition) is 2. The Labute approximate surface area is 270 Å². The summed E-state index contributed by atoms with van der Waals surface area (Å²) in [5, 5.41) is 6.10. The lowest BCUT2D eigenvalue weighted by atomic mass is 9.88. The first kappa shape index (κ1) is 32.9. The number of carbonyl (C=O) groups is 2. The number of piperazine rings is 1. The van der Waals surface area contributed by atoms with Crippen LogP contribution in [-0.4, -0.2) is 105 Å². The molecule has 1 unspecified atom stereocenters. The van der Waals surface area contributed by atoms with Crippen LogP contribution in [0.2, 0.25) is 0 Å². The molecule has 3 aliphatic rings. The molecule has 0 bridgehead atoms. The molecule has 45 heavy (non-hydrogen) atoms. The second-order valence-electron chi connectivity index (χ2n) is 13.6. The average molecular weight is 616 g/mol. The quantitative estimate of drug-likeness (QED) is 0.431. The normalized spacial score (nSPS) is 22.9. The molecule has 1 aromatic carbocycles. The Kier molecular flexibility index (Phi) is 10.5. The largest absolute Gasteiger partial charge is 0.369 e. The number of hydrogen-bond acceptors (Lipinski definition) is 7. The maximum Gasteiger partial charge on any atom is 0.251 e. The number of benzene rings is 1. The number of aromatic nitrogens is 1. The second kappa shape index (κ2) is 14.3. The maximum absolute atomic E-state index is 13.9. The van der Waals surface area contributed by atoms with Gasteiger partial charge in [-0.1, -0.05) is 5.57 Å². The third-order valence-electron chi connectivity index (χ3n) is 10.2. The van der Waals surface area contributed by atoms with Crippen molar-refractivity contribution >= 4 is 23.3 Å². The van der Waals surface area contributed by atoms with E-state index in [0.29, 0.717) is 23.2 Å². The van der Waals surface area contributed by atoms with Crippen molar-refractivity contribution in [2.75, 3.05) is 70.2 Å². The summed E-state index contributed by atoms with van der Waals surface area (Å²) in [4.78, 5) is 41.0. The van der Waals surface area contributed by atoms with Gasteiger partial charge in [0.05, 0.1) is 0 Å². The Morgan fingerprint density at radius 2 is 1.71 bits per heavy atom. The van der Waals surface area contributed by atoms with Crippen LogP contribution in [-0.2, 0) is 4.79 Å². The van der Waals surface area contributed by atoms with Gasteiger partial charge >= 0.3 is 0 Å². The van der Waals surface area contributed by atoms with E-state index < -0.39 is 0 Å². The van der Waals surface area contributed by atoms with Crippen molar-refractivity contribution in [3.63, 3.8) is 0 Å². The highest BCUT2D eigenvalue weighted by Crippen LogP contribution is 2.36. The lowest BCUT2D eigenvalue weighted by molar-refractivity contribution is -0.118. The van der Waals surface area contributed by atoms with Crippen LogP contribution < -0.4 is 20.4 Å². The second-order valence-corrected chi connectivity index (χ2v) is 13.6. The van der Waals surface area contributed by atoms with Gasteiger partial charge in [0.25, 0.3) is 5.91 Å². The van der Waals surface area contributed by atoms with Crippen LogP contribution in [0.3, 0.4) is 0 Å². The molecule has 1 saturated carbocycles. The van der Waals surface area contributed by atoms with E-state index in [4.69, 9.17) is 4.98 Å². The molecule has 1 aromatic heterocycles. The van der Waals surface area contributed by atoms with Crippen LogP contribution in [0.1, 0.15) is 68.8 Å². The fourth-order valence-corrected chi connectivity index (χ4v) is 7.32. The molecular weight excluding hydrogens is 562 g/mol. The molecule has 1 aliphatic carbocycles. The zero-order valence-electron chi connectivity index (χ0n) is 28.4. The molecule has 0 spiro atoms. The number of amides is 2. The van der Waals surface area contributed by atoms with Gasteiger partial charge in [-0.3, -0.25) is 9.59 Å². The molecule has 2 fully saturated rings. The van der Waals surface area contributed by atoms with Crippen LogP contribution in [0.15, 0.2) is 41.6 Å². The Morgan fingerprint density at radius 3 is 2.31 bits per heavy atom. The van der Waals surface area contributed by atoms with Crippen molar-refractivity contribution in [2.24, 2.45) is 0 Å². The minimum atomic E-state index is -0.156. The number of likely N-dealkylation sites (N-methyl/N-ethyl adjacent to an activating group) is 1. The summed E-state index contributed by atoms with van der Waals surface area (Å²) in [5.74, 6) is 0.750. The van der Waals surface area contributed by atoms with E-state index in [0.717, 1.165) is 85.8 Å². The first-order valence-electron chi connectivity index (χ1n) is 16.8. The Bertz CT molecular complexity index is 1390. The van der Waals surface area contributed by atoms with Crippen LogP contribution in [0.4, 0.5) is 11.5 Å². The van der Waals surface area contributed by atoms with E-state index in [-0.39, 0.29) is 24.4 Å². The first-order chi connectivity index (χ1) is 21.5. The van der Waals surface area contributed by atoms with E-state index in [1.165, 1.54) is 12.8 Å². The van der Waals surface area contributed by atoms with Crippen LogP contribution >= 0.6 is 0 Å². The fourth-order valence-electron chi connectivity index (χ4n) is 7.32. The Morgan fingerprint density at radius 1 is 1.02 bits per heavy atom. The van der Waals surface area contributed by atoms with Gasteiger partial charge in [-0.2, -0.15) is 0 Å². The van der Waals surface area contributed by atoms with Crippen LogP contribution in [0, 0.1) is 6.92 Å². The van der Waals surface area contributed by atoms with Gasteiger partial charge in [-0.05, 0) is 116 Å². The van der Waals surface area contributed by atoms with Crippen LogP contribution in [0.5, 0.6) is 0 Å². The summed E-state index contributed by atoms with van der Waals surface area (Å²) in [7, 11) is 6.52. The molecule has 1 atom stereocenters. The molecule has 244 valence electrons. The molecular formula is C36H53N7O2. The van der Waals surface area contributed by atoms with E-state index >= 15 is 0 Å². The molecule has 0 radical (unpaired) electrons. The van der Waals surface area contributed by atoms with E-state index in [1.807, 2.05) is 26.1 Å². The number of pyridine rings is 1. The molecule has 2 N–H and O–H groups in total. The van der Waals surface area contributed by atoms with E-state index in [9.17, 15) is 9.59 Å². The van der Waals surface area contributed by atoms with Gasteiger partial charge in [0.2, 0.25) is 5.91 Å². The summed E-state index contributed by atoms with van der Waals surface area (Å²) in [6.07, 6.45) is 7.35. The number of rotatable bonds is 9. The lowest BCUT2D eigenvalue weighted by Gasteiger charge is -2.40. The predicted molar refractivity (Wildman–Crippen MR) is 184 cm³/mol. The zero-order valence-corrected chi connectivity index (χ0v) is 28.4. The molecule has 9 heteroatoms. The van der Waals surface area contributed by atoms with Crippen molar-refractivity contribution < 1.29 is 9.59 Å². The third-order valence-corrected chi connectivity index (χ3v) is 10.2. The summed E-state index contributed by atoms with van der Waals surface area (Å²) < 4.78 is 0. The Hall–Kier alpha value is -3.43. The van der Waals surface area contributed by atoms with Crippen molar-refractivity contribution in [1.29, 1.82) is 0 Å². The molecule has 1 saturated heterocycles. The van der Waals surface area contributed by atoms with Gasteiger partial charge < -0.3 is 30.2 Å². The van der Waals surface area contributed by atoms with Gasteiger partial charge in [-0.15, -0.1) is 0 Å². The summed E-state index contributed by atoms with van der Waals surface area (Å²) >= 11 is 0. The monoisotopic (exact) mass is 615 g/mol. The van der Waals surface area contributed by atoms with Crippen molar-refractivity contribution in [1.82, 2.24) is 25.4 Å². The van der Waals surface area contributed by atoms with E-state index in [1.54, 1.807) is 0 Å². The molecule has 2 aliphatic heterocycles. The van der Waals surface area contributed by atoms with Crippen molar-refractivity contribution in [2.45, 2.75) is 77.9 Å². The fraction of sp³-hybridized carbons (Fsp3) is 0.583. The van der Waals surface area contributed by atoms with Gasteiger partial charge in [0.1, 0.15) is 5.82 Å². The molecule has 2 aromatic rings. The third kappa shape index (κ3) is 7.52. The van der Waals surface area contributed by atoms with Gasteiger partial charge in [0, 0.05) is 86.0 Å². The number of nitrogens with one attached hydrogen (secondary N) is 2. The predicted octanol–water partition coefficient (Wildman–Crippen LogP) is 4.46. The number of anilines is 2. The standard InChI is InChI=1S/C36H53N7O2/c1-8-43(30-12-10-29(11-13-30)40(5)6)33-21-28(27-9-14-34(37-22-27)42-17-15-41(7)16-18-42)20-31(26(33)4)35(44)38-23-32-24(2)19-25(3)39-36(32)45/h9,14,20-22,25,29-30H,8,10-13,15-19,23H2,1-7H3,(H,38,44)(H,39,45)/t25?,29-,30-. The highest BCUT2D eigenvalue weighted by molar-refractivity contribution is 6.01. The number of nitrogens with zero attached hydrogens (tertiary/aromatic N) is 5. The van der Waals surface area contributed by atoms with Gasteiger partial charge in [-0.25, -0.2) is 4.98 Å². The Balaban J connectivity index is 1.46. The SMILES string of the molecule is CCN(c1cc(-c2ccc(N3CCN(C)CC3)nc2)cc(C(=O)NCC2=C(C)CC(C)NC2=O)c1C)[C@H]1CC[C@H](N(C)C)CC1. The molecule has 9 nitrogen and oxygen atoms in total. The molecule has 5 rings (SSSR count). The van der Waals surface area contributed by atoms with E-state index in [2.05, 4.69) is 83.4 Å². The minimum absolute atomic E-state index is 0.0882. The summed E-state index contributed by atoms with van der Waals surface area (Å²) in [6.45, 7) is 13.4. The first-order valence-corrected chi connectivity index (χ1v) is 16.8. The van der Waals surface area contributed by atoms with Gasteiger partial charge in [0.15, 0.2) is 0 Å². The van der Waals surface area contributed by atoms with Crippen molar-refractivity contribution in [3.05, 3.63) is 52.7 Å². The number of carbonyl (C=O) groups excluding carboxylic acids is 2. The zero-order chi connectivity index (χ0) is 32.2. The molecule has 2 amide bonds. The van der Waals surface area contributed by atoms with Crippen LogP contribution in [0.25, 0.3) is 11.1 Å². The van der Waals surface area contributed by atoms with Crippen molar-refractivity contribution in [3.8, 4) is 11.1 Å². The topological polar surface area (TPSA) is 84.0 Å². The highest BCUT2D eigenvalue weighted by atomic mass is 16.2.